The van der Waals surface area contributed by atoms with Crippen molar-refractivity contribution in [3.05, 3.63) is 76.7 Å². The molecule has 2 amide bonds. The predicted octanol–water partition coefficient (Wildman–Crippen LogP) is 4.79. The van der Waals surface area contributed by atoms with Crippen molar-refractivity contribution in [2.45, 2.75) is 47.3 Å². The van der Waals surface area contributed by atoms with Crippen molar-refractivity contribution in [1.82, 2.24) is 10.5 Å². The summed E-state index contributed by atoms with van der Waals surface area (Å²) in [6, 6.07) is 14.4. The Morgan fingerprint density at radius 3 is 2.53 bits per heavy atom. The van der Waals surface area contributed by atoms with Crippen LogP contribution in [0, 0.1) is 19.8 Å². The third kappa shape index (κ3) is 5.97. The lowest BCUT2D eigenvalue weighted by Gasteiger charge is -2.12. The Kier molecular flexibility index (Phi) is 7.65. The van der Waals surface area contributed by atoms with Gasteiger partial charge in [-0.15, -0.1) is 0 Å². The average molecular weight is 436 g/mol. The molecule has 0 fully saturated rings. The van der Waals surface area contributed by atoms with Gasteiger partial charge in [0.2, 0.25) is 5.91 Å². The quantitative estimate of drug-likeness (QED) is 0.504. The number of amides is 2. The molecule has 0 bridgehead atoms. The van der Waals surface area contributed by atoms with Gasteiger partial charge in [0.25, 0.3) is 5.91 Å². The summed E-state index contributed by atoms with van der Waals surface area (Å²) in [6.07, 6.45) is 0.783. The largest absolute Gasteiger partial charge is 0.489 e. The van der Waals surface area contributed by atoms with Crippen LogP contribution in [0.1, 0.15) is 53.2 Å². The maximum atomic E-state index is 12.5. The summed E-state index contributed by atoms with van der Waals surface area (Å²) in [5.41, 5.74) is 3.90. The van der Waals surface area contributed by atoms with Crippen molar-refractivity contribution in [2.75, 3.05) is 5.32 Å². The van der Waals surface area contributed by atoms with E-state index in [0.29, 0.717) is 24.5 Å². The van der Waals surface area contributed by atoms with Gasteiger partial charge in [0, 0.05) is 23.7 Å². The number of nitrogens with one attached hydrogen (secondary N) is 2. The first-order chi connectivity index (χ1) is 15.4. The van der Waals surface area contributed by atoms with E-state index < -0.39 is 0 Å². The van der Waals surface area contributed by atoms with Crippen LogP contribution < -0.4 is 15.4 Å². The molecule has 32 heavy (non-hydrogen) atoms. The van der Waals surface area contributed by atoms with Gasteiger partial charge in [0.05, 0.1) is 11.3 Å². The predicted molar refractivity (Wildman–Crippen MR) is 122 cm³/mol. The molecule has 0 saturated carbocycles. The molecule has 1 heterocycles. The molecule has 3 aromatic rings. The van der Waals surface area contributed by atoms with Gasteiger partial charge in [-0.05, 0) is 62.2 Å². The fourth-order valence-corrected chi connectivity index (χ4v) is 3.06. The second-order valence-electron chi connectivity index (χ2n) is 7.80. The number of aromatic nitrogens is 1. The third-order valence-electron chi connectivity index (χ3n) is 5.39. The summed E-state index contributed by atoms with van der Waals surface area (Å²) in [6.45, 7) is 8.31. The van der Waals surface area contributed by atoms with Crippen molar-refractivity contribution in [2.24, 2.45) is 5.92 Å². The Hall–Kier alpha value is -3.61. The molecule has 0 radical (unpaired) electrons. The number of nitrogens with zero attached hydrogens (tertiary/aromatic N) is 1. The Bertz CT molecular complexity index is 1050. The van der Waals surface area contributed by atoms with Gasteiger partial charge >= 0.3 is 0 Å². The van der Waals surface area contributed by atoms with Gasteiger partial charge in [-0.25, -0.2) is 0 Å². The summed E-state index contributed by atoms with van der Waals surface area (Å²) in [7, 11) is 0. The Morgan fingerprint density at radius 2 is 1.88 bits per heavy atom. The van der Waals surface area contributed by atoms with Gasteiger partial charge in [0.1, 0.15) is 18.1 Å². The molecular formula is C25H29N3O4. The van der Waals surface area contributed by atoms with Gasteiger partial charge in [-0.1, -0.05) is 31.1 Å². The molecule has 2 N–H and O–H groups in total. The molecule has 168 valence electrons. The molecule has 3 rings (SSSR count). The van der Waals surface area contributed by atoms with Gasteiger partial charge in [-0.2, -0.15) is 0 Å². The molecule has 1 unspecified atom stereocenters. The number of benzene rings is 2. The molecule has 7 nitrogen and oxygen atoms in total. The number of ether oxygens (including phenoxy) is 1. The number of anilines is 1. The molecule has 1 atom stereocenters. The van der Waals surface area contributed by atoms with Gasteiger partial charge in [0.15, 0.2) is 0 Å². The zero-order valence-corrected chi connectivity index (χ0v) is 18.9. The number of rotatable bonds is 9. The first-order valence-corrected chi connectivity index (χ1v) is 10.7. The summed E-state index contributed by atoms with van der Waals surface area (Å²) in [4.78, 5) is 24.6. The fourth-order valence-electron chi connectivity index (χ4n) is 3.06. The van der Waals surface area contributed by atoms with Crippen molar-refractivity contribution in [3.63, 3.8) is 0 Å². The van der Waals surface area contributed by atoms with E-state index >= 15 is 0 Å². The van der Waals surface area contributed by atoms with Crippen LogP contribution in [0.5, 0.6) is 5.75 Å². The number of aryl methyl sites for hydroxylation is 2. The molecule has 0 aliphatic carbocycles. The molecule has 0 saturated heterocycles. The summed E-state index contributed by atoms with van der Waals surface area (Å²) < 4.78 is 10.9. The maximum absolute atomic E-state index is 12.5. The number of carbonyl (C=O) groups is 2. The van der Waals surface area contributed by atoms with Crippen LogP contribution in [0.25, 0.3) is 0 Å². The zero-order chi connectivity index (χ0) is 23.1. The van der Waals surface area contributed by atoms with E-state index in [2.05, 4.69) is 15.8 Å². The van der Waals surface area contributed by atoms with Crippen LogP contribution in [-0.2, 0) is 17.9 Å². The van der Waals surface area contributed by atoms with Crippen LogP contribution in [-0.4, -0.2) is 17.0 Å². The standard InChI is InChI=1S/C25H29N3O4/c1-5-16(2)24(29)27-21-8-6-7-19(13-21)14-26-25(30)20-9-11-22(12-10-20)31-15-23-17(3)28-32-18(23)4/h6-13,16H,5,14-15H2,1-4H3,(H,26,30)(H,27,29). The van der Waals surface area contributed by atoms with Gasteiger partial charge in [-0.3, -0.25) is 9.59 Å². The Labute approximate surface area is 188 Å². The SMILES string of the molecule is CCC(C)C(=O)Nc1cccc(CNC(=O)c2ccc(OCc3c(C)noc3C)cc2)c1. The summed E-state index contributed by atoms with van der Waals surface area (Å²) in [5, 5.41) is 9.73. The van der Waals surface area contributed by atoms with Gasteiger partial charge < -0.3 is 19.9 Å². The highest BCUT2D eigenvalue weighted by Crippen LogP contribution is 2.18. The number of hydrogen-bond acceptors (Lipinski definition) is 5. The molecule has 0 spiro atoms. The molecule has 2 aromatic carbocycles. The minimum atomic E-state index is -0.184. The van der Waals surface area contributed by atoms with E-state index in [9.17, 15) is 9.59 Å². The van der Waals surface area contributed by atoms with Crippen molar-refractivity contribution in [3.8, 4) is 5.75 Å². The molecule has 7 heteroatoms. The summed E-state index contributed by atoms with van der Waals surface area (Å²) in [5.74, 6) is 1.16. The van der Waals surface area contributed by atoms with Crippen LogP contribution in [0.15, 0.2) is 53.1 Å². The average Bonchev–Trinajstić information content (AvgIpc) is 3.13. The lowest BCUT2D eigenvalue weighted by molar-refractivity contribution is -0.119. The van der Waals surface area contributed by atoms with E-state index in [1.54, 1.807) is 24.3 Å². The first kappa shape index (κ1) is 23.1. The van der Waals surface area contributed by atoms with Crippen molar-refractivity contribution < 1.29 is 18.8 Å². The lowest BCUT2D eigenvalue weighted by Crippen LogP contribution is -2.23. The second kappa shape index (κ2) is 10.6. The molecular weight excluding hydrogens is 406 g/mol. The molecule has 1 aromatic heterocycles. The van der Waals surface area contributed by atoms with Crippen LogP contribution >= 0.6 is 0 Å². The number of hydrogen-bond donors (Lipinski definition) is 2. The smallest absolute Gasteiger partial charge is 0.251 e. The maximum Gasteiger partial charge on any atom is 0.251 e. The highest BCUT2D eigenvalue weighted by atomic mass is 16.5. The lowest BCUT2D eigenvalue weighted by atomic mass is 10.1. The van der Waals surface area contributed by atoms with E-state index in [1.807, 2.05) is 52.0 Å². The minimum Gasteiger partial charge on any atom is -0.489 e. The normalized spacial score (nSPS) is 11.6. The van der Waals surface area contributed by atoms with Crippen LogP contribution in [0.2, 0.25) is 0 Å². The minimum absolute atomic E-state index is 0.00894. The Morgan fingerprint density at radius 1 is 1.12 bits per heavy atom. The van der Waals surface area contributed by atoms with E-state index in [-0.39, 0.29) is 17.7 Å². The number of carbonyl (C=O) groups excluding carboxylic acids is 2. The topological polar surface area (TPSA) is 93.5 Å². The highest BCUT2D eigenvalue weighted by molar-refractivity contribution is 5.94. The Balaban J connectivity index is 1.53. The van der Waals surface area contributed by atoms with Crippen LogP contribution in [0.3, 0.4) is 0 Å². The second-order valence-corrected chi connectivity index (χ2v) is 7.80. The monoisotopic (exact) mass is 435 g/mol. The third-order valence-corrected chi connectivity index (χ3v) is 5.39. The zero-order valence-electron chi connectivity index (χ0n) is 18.9. The molecule has 0 aliphatic rings. The van der Waals surface area contributed by atoms with E-state index in [4.69, 9.17) is 9.26 Å². The highest BCUT2D eigenvalue weighted by Gasteiger charge is 2.12. The first-order valence-electron chi connectivity index (χ1n) is 10.7. The van der Waals surface area contributed by atoms with Crippen molar-refractivity contribution in [1.29, 1.82) is 0 Å². The molecule has 0 aliphatic heterocycles. The van der Waals surface area contributed by atoms with E-state index in [1.165, 1.54) is 0 Å². The van der Waals surface area contributed by atoms with Crippen LogP contribution in [0.4, 0.5) is 5.69 Å². The van der Waals surface area contributed by atoms with Crippen molar-refractivity contribution >= 4 is 17.5 Å². The fraction of sp³-hybridized carbons (Fsp3) is 0.320. The summed E-state index contributed by atoms with van der Waals surface area (Å²) >= 11 is 0. The van der Waals surface area contributed by atoms with E-state index in [0.717, 1.165) is 34.7 Å².